The summed E-state index contributed by atoms with van der Waals surface area (Å²) in [5.41, 5.74) is 0.972. The van der Waals surface area contributed by atoms with Gasteiger partial charge in [-0.1, -0.05) is 0 Å². The third kappa shape index (κ3) is 3.47. The molecule has 4 nitrogen and oxygen atoms in total. The number of hydrogen-bond donors (Lipinski definition) is 2. The van der Waals surface area contributed by atoms with Gasteiger partial charge in [-0.25, -0.2) is 0 Å². The first-order chi connectivity index (χ1) is 7.84. The van der Waals surface area contributed by atoms with Crippen LogP contribution in [-0.4, -0.2) is 41.2 Å². The number of aromatic hydroxyl groups is 1. The standard InChI is InChI=1S/C12H19N3O/c16-12-4-3-11(14-10-12)9-13-5-8-15-6-1-2-7-15/h3-4,10,13,16H,1-2,5-9H2. The summed E-state index contributed by atoms with van der Waals surface area (Å²) in [5, 5.41) is 12.4. The van der Waals surface area contributed by atoms with Crippen LogP contribution in [0.2, 0.25) is 0 Å². The highest BCUT2D eigenvalue weighted by Gasteiger charge is 2.09. The van der Waals surface area contributed by atoms with E-state index in [1.807, 2.05) is 6.07 Å². The molecule has 16 heavy (non-hydrogen) atoms. The van der Waals surface area contributed by atoms with Crippen LogP contribution in [0.25, 0.3) is 0 Å². The zero-order valence-electron chi connectivity index (χ0n) is 9.52. The van der Waals surface area contributed by atoms with Crippen molar-refractivity contribution in [1.82, 2.24) is 15.2 Å². The van der Waals surface area contributed by atoms with Gasteiger partial charge in [0.15, 0.2) is 0 Å². The molecular formula is C12H19N3O. The minimum Gasteiger partial charge on any atom is -0.506 e. The Morgan fingerprint density at radius 2 is 2.12 bits per heavy atom. The van der Waals surface area contributed by atoms with Crippen molar-refractivity contribution in [3.05, 3.63) is 24.0 Å². The molecule has 1 aliphatic rings. The number of rotatable bonds is 5. The molecule has 4 heteroatoms. The zero-order chi connectivity index (χ0) is 11.2. The molecule has 1 aliphatic heterocycles. The van der Waals surface area contributed by atoms with Gasteiger partial charge in [-0.3, -0.25) is 4.98 Å². The van der Waals surface area contributed by atoms with Crippen molar-refractivity contribution in [3.63, 3.8) is 0 Å². The van der Waals surface area contributed by atoms with Crippen LogP contribution in [0, 0.1) is 0 Å². The minimum absolute atomic E-state index is 0.223. The summed E-state index contributed by atoms with van der Waals surface area (Å²) >= 11 is 0. The fourth-order valence-corrected chi connectivity index (χ4v) is 1.98. The molecule has 0 aromatic carbocycles. The monoisotopic (exact) mass is 221 g/mol. The Hall–Kier alpha value is -1.13. The third-order valence-electron chi connectivity index (χ3n) is 2.92. The van der Waals surface area contributed by atoms with Gasteiger partial charge in [0.2, 0.25) is 0 Å². The molecule has 0 amide bonds. The lowest BCUT2D eigenvalue weighted by Gasteiger charge is -2.14. The Labute approximate surface area is 96.3 Å². The summed E-state index contributed by atoms with van der Waals surface area (Å²) in [6.45, 7) is 5.40. The van der Waals surface area contributed by atoms with Crippen LogP contribution >= 0.6 is 0 Å². The highest BCUT2D eigenvalue weighted by Crippen LogP contribution is 2.06. The maximum absolute atomic E-state index is 9.08. The maximum Gasteiger partial charge on any atom is 0.133 e. The first-order valence-electron chi connectivity index (χ1n) is 5.91. The lowest BCUT2D eigenvalue weighted by atomic mass is 10.3. The van der Waals surface area contributed by atoms with Gasteiger partial charge in [0, 0.05) is 19.6 Å². The Balaban J connectivity index is 1.62. The van der Waals surface area contributed by atoms with Crippen molar-refractivity contribution in [1.29, 1.82) is 0 Å². The highest BCUT2D eigenvalue weighted by atomic mass is 16.3. The first-order valence-corrected chi connectivity index (χ1v) is 5.91. The number of hydrogen-bond acceptors (Lipinski definition) is 4. The second kappa shape index (κ2) is 5.82. The van der Waals surface area contributed by atoms with Crippen molar-refractivity contribution < 1.29 is 5.11 Å². The van der Waals surface area contributed by atoms with Crippen molar-refractivity contribution in [2.24, 2.45) is 0 Å². The maximum atomic E-state index is 9.08. The van der Waals surface area contributed by atoms with E-state index in [0.717, 1.165) is 25.3 Å². The molecular weight excluding hydrogens is 202 g/mol. The Morgan fingerprint density at radius 1 is 1.31 bits per heavy atom. The van der Waals surface area contributed by atoms with Crippen molar-refractivity contribution in [2.75, 3.05) is 26.2 Å². The fraction of sp³-hybridized carbons (Fsp3) is 0.583. The largest absolute Gasteiger partial charge is 0.506 e. The molecule has 2 rings (SSSR count). The molecule has 1 aromatic heterocycles. The summed E-state index contributed by atoms with van der Waals surface area (Å²) in [7, 11) is 0. The highest BCUT2D eigenvalue weighted by molar-refractivity contribution is 5.17. The van der Waals surface area contributed by atoms with Gasteiger partial charge in [0.25, 0.3) is 0 Å². The molecule has 1 saturated heterocycles. The molecule has 1 fully saturated rings. The van der Waals surface area contributed by atoms with E-state index < -0.39 is 0 Å². The predicted octanol–water partition coefficient (Wildman–Crippen LogP) is 0.973. The van der Waals surface area contributed by atoms with Crippen LogP contribution in [0.5, 0.6) is 5.75 Å². The van der Waals surface area contributed by atoms with E-state index in [0.29, 0.717) is 0 Å². The second-order valence-electron chi connectivity index (χ2n) is 4.23. The smallest absolute Gasteiger partial charge is 0.133 e. The van der Waals surface area contributed by atoms with Gasteiger partial charge in [0.1, 0.15) is 5.75 Å². The van der Waals surface area contributed by atoms with E-state index in [2.05, 4.69) is 15.2 Å². The molecule has 0 atom stereocenters. The van der Waals surface area contributed by atoms with Crippen molar-refractivity contribution in [3.8, 4) is 5.75 Å². The van der Waals surface area contributed by atoms with Gasteiger partial charge >= 0.3 is 0 Å². The Kier molecular flexibility index (Phi) is 4.13. The van der Waals surface area contributed by atoms with E-state index in [4.69, 9.17) is 5.11 Å². The van der Waals surface area contributed by atoms with E-state index >= 15 is 0 Å². The molecule has 1 aromatic rings. The summed E-state index contributed by atoms with van der Waals surface area (Å²) < 4.78 is 0. The lowest BCUT2D eigenvalue weighted by Crippen LogP contribution is -2.29. The Morgan fingerprint density at radius 3 is 2.81 bits per heavy atom. The number of aromatic nitrogens is 1. The van der Waals surface area contributed by atoms with Gasteiger partial charge in [-0.05, 0) is 38.1 Å². The molecule has 88 valence electrons. The average Bonchev–Trinajstić information content (AvgIpc) is 2.80. The van der Waals surface area contributed by atoms with E-state index in [9.17, 15) is 0 Å². The van der Waals surface area contributed by atoms with Crippen LogP contribution in [0.15, 0.2) is 18.3 Å². The summed E-state index contributed by atoms with van der Waals surface area (Å²) in [4.78, 5) is 6.60. The van der Waals surface area contributed by atoms with E-state index in [1.54, 1.807) is 6.07 Å². The topological polar surface area (TPSA) is 48.4 Å². The van der Waals surface area contributed by atoms with Gasteiger partial charge < -0.3 is 15.3 Å². The molecule has 0 bridgehead atoms. The fourth-order valence-electron chi connectivity index (χ4n) is 1.98. The van der Waals surface area contributed by atoms with Gasteiger partial charge in [-0.2, -0.15) is 0 Å². The lowest BCUT2D eigenvalue weighted by molar-refractivity contribution is 0.335. The molecule has 0 radical (unpaired) electrons. The molecule has 2 heterocycles. The Bertz CT molecular complexity index is 307. The molecule has 2 N–H and O–H groups in total. The van der Waals surface area contributed by atoms with Crippen LogP contribution in [0.3, 0.4) is 0 Å². The first kappa shape index (κ1) is 11.4. The van der Waals surface area contributed by atoms with Crippen LogP contribution < -0.4 is 5.32 Å². The number of likely N-dealkylation sites (tertiary alicyclic amines) is 1. The van der Waals surface area contributed by atoms with Gasteiger partial charge in [-0.15, -0.1) is 0 Å². The summed E-state index contributed by atoms with van der Waals surface area (Å²) in [5.74, 6) is 0.223. The zero-order valence-corrected chi connectivity index (χ0v) is 9.52. The molecule has 0 spiro atoms. The van der Waals surface area contributed by atoms with Gasteiger partial charge in [0.05, 0.1) is 11.9 Å². The minimum atomic E-state index is 0.223. The predicted molar refractivity (Wildman–Crippen MR) is 63.3 cm³/mol. The van der Waals surface area contributed by atoms with Crippen LogP contribution in [0.4, 0.5) is 0 Å². The quantitative estimate of drug-likeness (QED) is 0.727. The number of nitrogens with zero attached hydrogens (tertiary/aromatic N) is 2. The van der Waals surface area contributed by atoms with E-state index in [-0.39, 0.29) is 5.75 Å². The summed E-state index contributed by atoms with van der Waals surface area (Å²) in [6, 6.07) is 3.52. The van der Waals surface area contributed by atoms with Crippen LogP contribution in [0.1, 0.15) is 18.5 Å². The van der Waals surface area contributed by atoms with Crippen LogP contribution in [-0.2, 0) is 6.54 Å². The number of nitrogens with one attached hydrogen (secondary N) is 1. The summed E-state index contributed by atoms with van der Waals surface area (Å²) in [6.07, 6.45) is 4.18. The number of pyridine rings is 1. The second-order valence-corrected chi connectivity index (χ2v) is 4.23. The molecule has 0 unspecified atom stereocenters. The average molecular weight is 221 g/mol. The SMILES string of the molecule is Oc1ccc(CNCCN2CCCC2)nc1. The molecule has 0 aliphatic carbocycles. The molecule has 0 saturated carbocycles. The van der Waals surface area contributed by atoms with E-state index in [1.165, 1.54) is 32.1 Å². The van der Waals surface area contributed by atoms with Crippen molar-refractivity contribution in [2.45, 2.75) is 19.4 Å². The normalized spacial score (nSPS) is 16.8. The van der Waals surface area contributed by atoms with Crippen molar-refractivity contribution >= 4 is 0 Å². The third-order valence-corrected chi connectivity index (χ3v) is 2.92.